The summed E-state index contributed by atoms with van der Waals surface area (Å²) in [6.07, 6.45) is 4.59. The van der Waals surface area contributed by atoms with Gasteiger partial charge in [-0.25, -0.2) is 8.96 Å². The highest BCUT2D eigenvalue weighted by Crippen LogP contribution is 2.38. The van der Waals surface area contributed by atoms with Gasteiger partial charge in [0.05, 0.1) is 24.6 Å². The van der Waals surface area contributed by atoms with E-state index in [4.69, 9.17) is 9.47 Å². The number of rotatable bonds is 8. The maximum absolute atomic E-state index is 14.9. The highest BCUT2D eigenvalue weighted by atomic mass is 31.2. The molecule has 0 unspecified atom stereocenters. The van der Waals surface area contributed by atoms with Crippen LogP contribution in [0.25, 0.3) is 22.0 Å². The van der Waals surface area contributed by atoms with Crippen LogP contribution in [-0.2, 0) is 15.8 Å². The van der Waals surface area contributed by atoms with Gasteiger partial charge in [-0.1, -0.05) is 18.6 Å². The number of fused-ring (bicyclic) bond motifs is 1. The first-order valence-electron chi connectivity index (χ1n) is 10.1. The fourth-order valence-electron chi connectivity index (χ4n) is 3.66. The molecule has 8 nitrogen and oxygen atoms in total. The summed E-state index contributed by atoms with van der Waals surface area (Å²) in [5.41, 5.74) is 0.150. The highest BCUT2D eigenvalue weighted by Gasteiger charge is 2.23. The monoisotopic (exact) mass is 463 g/mol. The quantitative estimate of drug-likeness (QED) is 0.485. The molecule has 0 saturated heterocycles. The molecular weight excluding hydrogens is 440 g/mol. The third-order valence-corrected chi connectivity index (χ3v) is 6.05. The molecule has 2 aromatic carbocycles. The summed E-state index contributed by atoms with van der Waals surface area (Å²) in [4.78, 5) is 31.6. The summed E-state index contributed by atoms with van der Waals surface area (Å²) in [5, 5.41) is -0.237. The molecule has 1 heterocycles. The zero-order valence-corrected chi connectivity index (χ0v) is 18.3. The average molecular weight is 463 g/mol. The Balaban J connectivity index is 1.88. The van der Waals surface area contributed by atoms with Crippen LogP contribution in [0.15, 0.2) is 47.4 Å². The Bertz CT molecular complexity index is 1230. The van der Waals surface area contributed by atoms with E-state index in [-0.39, 0.29) is 22.2 Å². The maximum Gasteiger partial charge on any atom is 0.471 e. The van der Waals surface area contributed by atoms with Gasteiger partial charge in [-0.3, -0.25) is 9.32 Å². The van der Waals surface area contributed by atoms with E-state index in [1.54, 1.807) is 24.3 Å². The minimum atomic E-state index is -4.82. The molecule has 32 heavy (non-hydrogen) atoms. The lowest BCUT2D eigenvalue weighted by atomic mass is 9.86. The van der Waals surface area contributed by atoms with Crippen LogP contribution in [0.4, 0.5) is 4.39 Å². The summed E-state index contributed by atoms with van der Waals surface area (Å²) < 4.78 is 43.2. The van der Waals surface area contributed by atoms with E-state index in [0.717, 1.165) is 25.3 Å². The second kappa shape index (κ2) is 9.03. The molecule has 10 heteroatoms. The first-order chi connectivity index (χ1) is 15.3. The number of ether oxygens (including phenoxy) is 2. The summed E-state index contributed by atoms with van der Waals surface area (Å²) in [5.74, 6) is 0.458. The third-order valence-electron chi connectivity index (χ3n) is 5.60. The highest BCUT2D eigenvalue weighted by molar-refractivity contribution is 7.46. The third kappa shape index (κ3) is 4.71. The van der Waals surface area contributed by atoms with Crippen molar-refractivity contribution in [2.24, 2.45) is 5.92 Å². The van der Waals surface area contributed by atoms with Crippen LogP contribution in [-0.4, -0.2) is 28.1 Å². The van der Waals surface area contributed by atoms with Gasteiger partial charge in [0.25, 0.3) is 0 Å². The van der Waals surface area contributed by atoms with Gasteiger partial charge in [0.2, 0.25) is 0 Å². The molecule has 0 bridgehead atoms. The van der Waals surface area contributed by atoms with Gasteiger partial charge in [0.15, 0.2) is 5.43 Å². The number of phosphoric acid groups is 1. The molecule has 0 radical (unpaired) electrons. The number of hydrogen-bond acceptors (Lipinski definition) is 5. The maximum atomic E-state index is 14.9. The standard InChI is InChI=1S/C22H23FNO7P/c1-29-16-7-5-15(6-8-16)17-11-24(13-31-32(26,27)28)21-19(30-12-14-3-2-4-14)10-9-18(23)20(21)22(17)25/h5-11,14H,2-4,12-13H2,1H3,(H2,26,27,28). The van der Waals surface area contributed by atoms with Crippen molar-refractivity contribution in [2.75, 3.05) is 13.7 Å². The minimum absolute atomic E-state index is 0.0834. The van der Waals surface area contributed by atoms with Gasteiger partial charge < -0.3 is 23.8 Å². The number of phosphoric ester groups is 1. The summed E-state index contributed by atoms with van der Waals surface area (Å²) in [6, 6.07) is 9.17. The van der Waals surface area contributed by atoms with Crippen molar-refractivity contribution in [3.05, 3.63) is 58.6 Å². The molecule has 1 aliphatic rings. The Morgan fingerprint density at radius 1 is 1.16 bits per heavy atom. The Morgan fingerprint density at radius 3 is 2.47 bits per heavy atom. The van der Waals surface area contributed by atoms with Gasteiger partial charge >= 0.3 is 7.82 Å². The predicted molar refractivity (Wildman–Crippen MR) is 116 cm³/mol. The minimum Gasteiger partial charge on any atom is -0.497 e. The van der Waals surface area contributed by atoms with Gasteiger partial charge in [-0.05, 0) is 48.6 Å². The Hall–Kier alpha value is -2.71. The van der Waals surface area contributed by atoms with E-state index < -0.39 is 25.8 Å². The van der Waals surface area contributed by atoms with Crippen molar-refractivity contribution in [2.45, 2.75) is 26.0 Å². The molecular formula is C22H23FNO7P. The van der Waals surface area contributed by atoms with Gasteiger partial charge in [0, 0.05) is 11.8 Å². The zero-order valence-electron chi connectivity index (χ0n) is 17.4. The van der Waals surface area contributed by atoms with E-state index in [9.17, 15) is 23.5 Å². The largest absolute Gasteiger partial charge is 0.497 e. The molecule has 0 aliphatic heterocycles. The second-order valence-corrected chi connectivity index (χ2v) is 8.94. The van der Waals surface area contributed by atoms with Gasteiger partial charge in [-0.2, -0.15) is 0 Å². The van der Waals surface area contributed by atoms with E-state index in [1.807, 2.05) is 0 Å². The van der Waals surface area contributed by atoms with Crippen molar-refractivity contribution in [3.63, 3.8) is 0 Å². The average Bonchev–Trinajstić information content (AvgIpc) is 2.73. The number of pyridine rings is 1. The SMILES string of the molecule is COc1ccc(-c2cn(COP(=O)(O)O)c3c(OCC4CCC4)ccc(F)c3c2=O)cc1. The lowest BCUT2D eigenvalue weighted by Crippen LogP contribution is -2.20. The Morgan fingerprint density at radius 2 is 1.88 bits per heavy atom. The number of nitrogens with zero attached hydrogens (tertiary/aromatic N) is 1. The first-order valence-corrected chi connectivity index (χ1v) is 11.6. The van der Waals surface area contributed by atoms with Crippen LogP contribution in [0.5, 0.6) is 11.5 Å². The van der Waals surface area contributed by atoms with Crippen molar-refractivity contribution in [1.29, 1.82) is 0 Å². The molecule has 4 rings (SSSR count). The second-order valence-electron chi connectivity index (χ2n) is 7.70. The number of methoxy groups -OCH3 is 1. The van der Waals surface area contributed by atoms with E-state index in [2.05, 4.69) is 4.52 Å². The molecule has 1 saturated carbocycles. The Kier molecular flexibility index (Phi) is 6.35. The van der Waals surface area contributed by atoms with Crippen LogP contribution in [0, 0.1) is 11.7 Å². The summed E-state index contributed by atoms with van der Waals surface area (Å²) in [6.45, 7) is -0.193. The predicted octanol–water partition coefficient (Wildman–Crippen LogP) is 4.06. The molecule has 0 spiro atoms. The fraction of sp³-hybridized carbons (Fsp3) is 0.318. The topological polar surface area (TPSA) is 107 Å². The number of hydrogen-bond donors (Lipinski definition) is 2. The molecule has 1 aliphatic carbocycles. The fourth-order valence-corrected chi connectivity index (χ4v) is 3.94. The molecule has 170 valence electrons. The van der Waals surface area contributed by atoms with Crippen molar-refractivity contribution in [3.8, 4) is 22.6 Å². The number of aromatic nitrogens is 1. The number of halogens is 1. The van der Waals surface area contributed by atoms with Crippen LogP contribution in [0.2, 0.25) is 0 Å². The van der Waals surface area contributed by atoms with Crippen LogP contribution in [0.3, 0.4) is 0 Å². The zero-order chi connectivity index (χ0) is 22.9. The Labute approximate surface area is 183 Å². The van der Waals surface area contributed by atoms with Crippen molar-refractivity contribution in [1.82, 2.24) is 4.57 Å². The van der Waals surface area contributed by atoms with E-state index >= 15 is 0 Å². The van der Waals surface area contributed by atoms with E-state index in [1.165, 1.54) is 23.9 Å². The smallest absolute Gasteiger partial charge is 0.471 e. The molecule has 0 amide bonds. The van der Waals surface area contributed by atoms with Gasteiger partial charge in [0.1, 0.15) is 24.0 Å². The molecule has 1 aromatic heterocycles. The normalized spacial score (nSPS) is 14.4. The van der Waals surface area contributed by atoms with E-state index in [0.29, 0.717) is 23.8 Å². The lowest BCUT2D eigenvalue weighted by Gasteiger charge is -2.26. The van der Waals surface area contributed by atoms with Crippen molar-refractivity contribution < 1.29 is 32.7 Å². The van der Waals surface area contributed by atoms with Crippen LogP contribution >= 0.6 is 7.82 Å². The molecule has 1 fully saturated rings. The first kappa shape index (κ1) is 22.5. The lowest BCUT2D eigenvalue weighted by molar-refractivity contribution is 0.154. The summed E-state index contributed by atoms with van der Waals surface area (Å²) in [7, 11) is -3.31. The van der Waals surface area contributed by atoms with Crippen LogP contribution < -0.4 is 14.9 Å². The summed E-state index contributed by atoms with van der Waals surface area (Å²) >= 11 is 0. The molecule has 3 aromatic rings. The van der Waals surface area contributed by atoms with Gasteiger partial charge in [-0.15, -0.1) is 0 Å². The van der Waals surface area contributed by atoms with Crippen molar-refractivity contribution >= 4 is 18.7 Å². The molecule has 0 atom stereocenters. The number of benzene rings is 2. The van der Waals surface area contributed by atoms with Crippen LogP contribution in [0.1, 0.15) is 19.3 Å². The molecule has 2 N–H and O–H groups in total.